The summed E-state index contributed by atoms with van der Waals surface area (Å²) in [5.41, 5.74) is -0.617. The molecule has 1 saturated carbocycles. The molecule has 2 N–H and O–H groups in total. The number of anilines is 1. The van der Waals surface area contributed by atoms with Gasteiger partial charge >= 0.3 is 6.18 Å². The minimum Gasteiger partial charge on any atom is -0.396 e. The van der Waals surface area contributed by atoms with Gasteiger partial charge in [0, 0.05) is 18.2 Å². The molecule has 2 heterocycles. The van der Waals surface area contributed by atoms with Gasteiger partial charge in [0.05, 0.1) is 22.3 Å². The summed E-state index contributed by atoms with van der Waals surface area (Å²) in [6, 6.07) is 6.53. The van der Waals surface area contributed by atoms with Crippen molar-refractivity contribution in [1.29, 1.82) is 0 Å². The molecule has 0 bridgehead atoms. The minimum absolute atomic E-state index is 0.156. The number of amides is 1. The molecule has 1 aliphatic carbocycles. The van der Waals surface area contributed by atoms with E-state index in [1.165, 1.54) is 6.07 Å². The third-order valence-electron chi connectivity index (χ3n) is 4.97. The van der Waals surface area contributed by atoms with Crippen LogP contribution in [0.1, 0.15) is 35.1 Å². The second kappa shape index (κ2) is 7.31. The van der Waals surface area contributed by atoms with Crippen molar-refractivity contribution in [3.63, 3.8) is 0 Å². The van der Waals surface area contributed by atoms with Gasteiger partial charge in [0.15, 0.2) is 0 Å². The molecule has 1 aromatic carbocycles. The van der Waals surface area contributed by atoms with Gasteiger partial charge in [0.1, 0.15) is 11.4 Å². The number of hydrogen-bond acceptors (Lipinski definition) is 4. The highest BCUT2D eigenvalue weighted by Crippen LogP contribution is 2.38. The average molecular weight is 425 g/mol. The van der Waals surface area contributed by atoms with Gasteiger partial charge in [-0.05, 0) is 43.0 Å². The number of fused-ring (bicyclic) bond motifs is 1. The molecule has 0 unspecified atom stereocenters. The number of rotatable bonds is 4. The maximum atomic E-state index is 12.8. The van der Waals surface area contributed by atoms with Crippen LogP contribution in [0.3, 0.4) is 0 Å². The van der Waals surface area contributed by atoms with Crippen LogP contribution in [-0.4, -0.2) is 32.4 Å². The molecular formula is C19H16ClF3N4O2. The maximum Gasteiger partial charge on any atom is 0.433 e. The largest absolute Gasteiger partial charge is 0.433 e. The predicted octanol–water partition coefficient (Wildman–Crippen LogP) is 4.30. The third-order valence-corrected chi connectivity index (χ3v) is 5.29. The molecule has 10 heteroatoms. The summed E-state index contributed by atoms with van der Waals surface area (Å²) in [7, 11) is 0. The number of alkyl halides is 3. The molecule has 0 atom stereocenters. The van der Waals surface area contributed by atoms with Crippen molar-refractivity contribution in [3.8, 4) is 0 Å². The number of nitrogens with one attached hydrogen (secondary N) is 1. The summed E-state index contributed by atoms with van der Waals surface area (Å²) in [5, 5.41) is 17.1. The molecule has 29 heavy (non-hydrogen) atoms. The summed E-state index contributed by atoms with van der Waals surface area (Å²) >= 11 is 6.22. The number of carbonyl (C=O) groups is 1. The fourth-order valence-electron chi connectivity index (χ4n) is 3.32. The van der Waals surface area contributed by atoms with Gasteiger partial charge in [-0.2, -0.15) is 18.3 Å². The van der Waals surface area contributed by atoms with E-state index in [-0.39, 0.29) is 35.0 Å². The lowest BCUT2D eigenvalue weighted by Crippen LogP contribution is -2.29. The Hall–Kier alpha value is -2.65. The molecule has 152 valence electrons. The van der Waals surface area contributed by atoms with E-state index in [4.69, 9.17) is 16.7 Å². The summed E-state index contributed by atoms with van der Waals surface area (Å²) in [4.78, 5) is 15.8. The van der Waals surface area contributed by atoms with Crippen LogP contribution in [0.5, 0.6) is 0 Å². The van der Waals surface area contributed by atoms with Crippen molar-refractivity contribution >= 4 is 34.1 Å². The van der Waals surface area contributed by atoms with Gasteiger partial charge in [0.2, 0.25) is 0 Å². The van der Waals surface area contributed by atoms with Gasteiger partial charge in [-0.15, -0.1) is 0 Å². The predicted molar refractivity (Wildman–Crippen MR) is 101 cm³/mol. The maximum absolute atomic E-state index is 12.8. The van der Waals surface area contributed by atoms with Crippen LogP contribution < -0.4 is 5.32 Å². The molecule has 0 radical (unpaired) electrons. The van der Waals surface area contributed by atoms with E-state index < -0.39 is 17.8 Å². The Morgan fingerprint density at radius 2 is 2.07 bits per heavy atom. The Morgan fingerprint density at radius 3 is 2.76 bits per heavy atom. The van der Waals surface area contributed by atoms with Crippen molar-refractivity contribution in [3.05, 3.63) is 52.9 Å². The molecule has 3 aromatic rings. The first kappa shape index (κ1) is 19.7. The van der Waals surface area contributed by atoms with Crippen molar-refractivity contribution in [1.82, 2.24) is 14.8 Å². The van der Waals surface area contributed by atoms with Crippen LogP contribution >= 0.6 is 11.6 Å². The van der Waals surface area contributed by atoms with E-state index in [0.29, 0.717) is 5.52 Å². The Kier molecular flexibility index (Phi) is 4.95. The van der Waals surface area contributed by atoms with E-state index in [1.807, 2.05) is 10.9 Å². The third kappa shape index (κ3) is 3.92. The normalized spacial score (nSPS) is 19.2. The molecule has 0 saturated heterocycles. The van der Waals surface area contributed by atoms with E-state index in [0.717, 1.165) is 30.4 Å². The Balaban J connectivity index is 1.56. The van der Waals surface area contributed by atoms with Crippen molar-refractivity contribution < 1.29 is 23.1 Å². The first-order valence-corrected chi connectivity index (χ1v) is 9.27. The van der Waals surface area contributed by atoms with Gasteiger partial charge in [-0.3, -0.25) is 9.48 Å². The molecule has 1 amide bonds. The van der Waals surface area contributed by atoms with E-state index in [1.54, 1.807) is 12.1 Å². The highest BCUT2D eigenvalue weighted by Gasteiger charge is 2.33. The molecule has 2 aromatic heterocycles. The van der Waals surface area contributed by atoms with Crippen LogP contribution in [0, 0.1) is 5.92 Å². The van der Waals surface area contributed by atoms with Gasteiger partial charge < -0.3 is 10.4 Å². The van der Waals surface area contributed by atoms with E-state index in [2.05, 4.69) is 15.4 Å². The zero-order valence-electron chi connectivity index (χ0n) is 14.9. The fourth-order valence-corrected chi connectivity index (χ4v) is 3.52. The van der Waals surface area contributed by atoms with Crippen LogP contribution in [0.25, 0.3) is 10.9 Å². The molecule has 1 fully saturated rings. The smallest absolute Gasteiger partial charge is 0.396 e. The number of aromatic nitrogens is 3. The topological polar surface area (TPSA) is 80.0 Å². The van der Waals surface area contributed by atoms with Gasteiger partial charge in [-0.25, -0.2) is 4.98 Å². The second-order valence-corrected chi connectivity index (χ2v) is 7.44. The monoisotopic (exact) mass is 424 g/mol. The molecule has 0 spiro atoms. The van der Waals surface area contributed by atoms with Crippen molar-refractivity contribution in [2.45, 2.75) is 25.1 Å². The molecular weight excluding hydrogens is 409 g/mol. The van der Waals surface area contributed by atoms with Crippen LogP contribution in [-0.2, 0) is 6.18 Å². The zero-order chi connectivity index (χ0) is 20.8. The number of carbonyl (C=O) groups excluding carboxylic acids is 1. The first-order valence-electron chi connectivity index (χ1n) is 8.89. The molecule has 4 rings (SSSR count). The van der Waals surface area contributed by atoms with Crippen molar-refractivity contribution in [2.24, 2.45) is 5.92 Å². The summed E-state index contributed by atoms with van der Waals surface area (Å²) in [5.74, 6) is -0.514. The van der Waals surface area contributed by atoms with E-state index >= 15 is 0 Å². The summed E-state index contributed by atoms with van der Waals surface area (Å²) < 4.78 is 40.2. The average Bonchev–Trinajstić information content (AvgIpc) is 3.02. The lowest BCUT2D eigenvalue weighted by Gasteiger charge is -2.33. The van der Waals surface area contributed by atoms with Gasteiger partial charge in [-0.1, -0.05) is 17.7 Å². The Bertz CT molecular complexity index is 1080. The Labute approximate surface area is 168 Å². The van der Waals surface area contributed by atoms with Crippen molar-refractivity contribution in [2.75, 3.05) is 11.9 Å². The first-order chi connectivity index (χ1) is 13.7. The number of benzene rings is 1. The number of nitrogens with zero attached hydrogens (tertiary/aromatic N) is 3. The number of aliphatic hydroxyl groups excluding tert-OH is 1. The lowest BCUT2D eigenvalue weighted by molar-refractivity contribution is -0.141. The highest BCUT2D eigenvalue weighted by molar-refractivity contribution is 6.34. The summed E-state index contributed by atoms with van der Waals surface area (Å²) in [6.07, 6.45) is -1.15. The number of hydrogen-bond donors (Lipinski definition) is 2. The van der Waals surface area contributed by atoms with Crippen LogP contribution in [0.15, 0.2) is 36.5 Å². The van der Waals surface area contributed by atoms with Crippen LogP contribution in [0.4, 0.5) is 18.9 Å². The standard InChI is InChI=1S/C19H16ClF3N4O2/c20-13-7-15-11(8-27(26-15)12-4-10(5-12)9-28)6-16(13)25-18(29)14-2-1-3-17(24-14)19(21,22)23/h1-3,6-8,10,12,28H,4-5,9H2,(H,25,29)/t10-,12-. The number of halogens is 4. The fraction of sp³-hybridized carbons (Fsp3) is 0.316. The molecule has 1 aliphatic rings. The second-order valence-electron chi connectivity index (χ2n) is 7.03. The van der Waals surface area contributed by atoms with E-state index in [9.17, 15) is 18.0 Å². The summed E-state index contributed by atoms with van der Waals surface area (Å²) in [6.45, 7) is 0.156. The lowest BCUT2D eigenvalue weighted by atomic mass is 9.81. The van der Waals surface area contributed by atoms with Crippen LogP contribution in [0.2, 0.25) is 5.02 Å². The highest BCUT2D eigenvalue weighted by atomic mass is 35.5. The molecule has 0 aliphatic heterocycles. The number of pyridine rings is 1. The minimum atomic E-state index is -4.64. The quantitative estimate of drug-likeness (QED) is 0.654. The van der Waals surface area contributed by atoms with Gasteiger partial charge in [0.25, 0.3) is 5.91 Å². The molecule has 6 nitrogen and oxygen atoms in total. The Morgan fingerprint density at radius 1 is 1.31 bits per heavy atom. The SMILES string of the molecule is O=C(Nc1cc2cn([C@H]3C[C@H](CO)C3)nc2cc1Cl)c1cccc(C(F)(F)F)n1. The number of aliphatic hydroxyl groups is 1. The zero-order valence-corrected chi connectivity index (χ0v) is 15.7.